The number of halogens is 1. The first-order valence-electron chi connectivity index (χ1n) is 9.91. The van der Waals surface area contributed by atoms with Crippen molar-refractivity contribution in [1.82, 2.24) is 4.31 Å². The molecular weight excluding hydrogens is 428 g/mol. The second kappa shape index (κ2) is 8.83. The SMILES string of the molecule is O=C(Cc1cc(Cl)c2c(c1)OCCO2)Nc1cccc(S(=O)(=O)N2CCCCC2)c1. The third-order valence-electron chi connectivity index (χ3n) is 5.09. The van der Waals surface area contributed by atoms with E-state index >= 15 is 0 Å². The molecule has 0 radical (unpaired) electrons. The fourth-order valence-corrected chi connectivity index (χ4v) is 5.50. The molecule has 2 aromatic carbocycles. The van der Waals surface area contributed by atoms with Crippen LogP contribution in [0.2, 0.25) is 5.02 Å². The Morgan fingerprint density at radius 1 is 1.07 bits per heavy atom. The minimum Gasteiger partial charge on any atom is -0.486 e. The van der Waals surface area contributed by atoms with Crippen LogP contribution in [0.15, 0.2) is 41.3 Å². The molecular formula is C21H23ClN2O5S. The average Bonchev–Trinajstić information content (AvgIpc) is 2.74. The number of nitrogens with one attached hydrogen (secondary N) is 1. The van der Waals surface area contributed by atoms with Crippen molar-refractivity contribution >= 4 is 33.2 Å². The van der Waals surface area contributed by atoms with E-state index in [1.54, 1.807) is 30.3 Å². The van der Waals surface area contributed by atoms with Crippen molar-refractivity contribution in [3.63, 3.8) is 0 Å². The zero-order valence-corrected chi connectivity index (χ0v) is 18.0. The normalized spacial score (nSPS) is 16.8. The summed E-state index contributed by atoms with van der Waals surface area (Å²) in [6.45, 7) is 1.92. The van der Waals surface area contributed by atoms with Crippen molar-refractivity contribution in [2.75, 3.05) is 31.6 Å². The smallest absolute Gasteiger partial charge is 0.243 e. The Labute approximate surface area is 181 Å². The maximum Gasteiger partial charge on any atom is 0.243 e. The molecule has 160 valence electrons. The summed E-state index contributed by atoms with van der Waals surface area (Å²) >= 11 is 6.23. The number of hydrogen-bond acceptors (Lipinski definition) is 5. The zero-order valence-electron chi connectivity index (χ0n) is 16.4. The molecule has 7 nitrogen and oxygen atoms in total. The molecule has 1 fully saturated rings. The Bertz CT molecular complexity index is 1050. The van der Waals surface area contributed by atoms with Gasteiger partial charge in [0, 0.05) is 18.8 Å². The molecule has 2 aliphatic rings. The van der Waals surface area contributed by atoms with Crippen LogP contribution < -0.4 is 14.8 Å². The highest BCUT2D eigenvalue weighted by Gasteiger charge is 2.26. The molecule has 1 saturated heterocycles. The lowest BCUT2D eigenvalue weighted by atomic mass is 10.1. The maximum absolute atomic E-state index is 12.9. The minimum atomic E-state index is -3.56. The van der Waals surface area contributed by atoms with Crippen LogP contribution >= 0.6 is 11.6 Å². The van der Waals surface area contributed by atoms with Crippen LogP contribution in [0.3, 0.4) is 0 Å². The largest absolute Gasteiger partial charge is 0.486 e. The first kappa shape index (κ1) is 21.0. The van der Waals surface area contributed by atoms with Crippen molar-refractivity contribution in [3.8, 4) is 11.5 Å². The van der Waals surface area contributed by atoms with Gasteiger partial charge in [-0.2, -0.15) is 4.31 Å². The van der Waals surface area contributed by atoms with Crippen molar-refractivity contribution in [1.29, 1.82) is 0 Å². The van der Waals surface area contributed by atoms with E-state index in [0.717, 1.165) is 19.3 Å². The maximum atomic E-state index is 12.9. The third-order valence-corrected chi connectivity index (χ3v) is 7.27. The molecule has 0 aromatic heterocycles. The number of carbonyl (C=O) groups excluding carboxylic acids is 1. The predicted molar refractivity (Wildman–Crippen MR) is 114 cm³/mol. The quantitative estimate of drug-likeness (QED) is 0.753. The first-order valence-corrected chi connectivity index (χ1v) is 11.7. The molecule has 2 heterocycles. The Morgan fingerprint density at radius 2 is 1.83 bits per heavy atom. The molecule has 0 atom stereocenters. The lowest BCUT2D eigenvalue weighted by Crippen LogP contribution is -2.35. The number of hydrogen-bond donors (Lipinski definition) is 1. The Kier molecular flexibility index (Phi) is 6.17. The van der Waals surface area contributed by atoms with Crippen molar-refractivity contribution < 1.29 is 22.7 Å². The molecule has 2 aliphatic heterocycles. The van der Waals surface area contributed by atoms with E-state index < -0.39 is 10.0 Å². The zero-order chi connectivity index (χ0) is 21.1. The summed E-state index contributed by atoms with van der Waals surface area (Å²) in [5, 5.41) is 3.16. The Balaban J connectivity index is 1.46. The lowest BCUT2D eigenvalue weighted by molar-refractivity contribution is -0.115. The number of fused-ring (bicyclic) bond motifs is 1. The van der Waals surface area contributed by atoms with E-state index in [4.69, 9.17) is 21.1 Å². The van der Waals surface area contributed by atoms with Gasteiger partial charge in [-0.15, -0.1) is 0 Å². The highest BCUT2D eigenvalue weighted by Crippen LogP contribution is 2.38. The van der Waals surface area contributed by atoms with Crippen LogP contribution in [0.4, 0.5) is 5.69 Å². The van der Waals surface area contributed by atoms with E-state index in [1.807, 2.05) is 0 Å². The molecule has 1 amide bonds. The van der Waals surface area contributed by atoms with Gasteiger partial charge in [0.2, 0.25) is 15.9 Å². The molecule has 4 rings (SSSR count). The summed E-state index contributed by atoms with van der Waals surface area (Å²) in [6, 6.07) is 9.76. The number of nitrogens with zero attached hydrogens (tertiary/aromatic N) is 1. The number of rotatable bonds is 5. The summed E-state index contributed by atoms with van der Waals surface area (Å²) in [5.74, 6) is 0.726. The Hall–Kier alpha value is -2.29. The molecule has 1 N–H and O–H groups in total. The number of carbonyl (C=O) groups is 1. The van der Waals surface area contributed by atoms with E-state index in [2.05, 4.69) is 5.32 Å². The number of sulfonamides is 1. The predicted octanol–water partition coefficient (Wildman–Crippen LogP) is 3.47. The van der Waals surface area contributed by atoms with Gasteiger partial charge in [-0.3, -0.25) is 4.79 Å². The molecule has 0 unspecified atom stereocenters. The van der Waals surface area contributed by atoms with E-state index in [1.165, 1.54) is 10.4 Å². The van der Waals surface area contributed by atoms with Crippen LogP contribution in [0, 0.1) is 0 Å². The first-order chi connectivity index (χ1) is 14.4. The Morgan fingerprint density at radius 3 is 2.63 bits per heavy atom. The monoisotopic (exact) mass is 450 g/mol. The molecule has 9 heteroatoms. The number of anilines is 1. The molecule has 0 aliphatic carbocycles. The summed E-state index contributed by atoms with van der Waals surface area (Å²) in [5.41, 5.74) is 1.11. The second-order valence-corrected chi connectivity index (χ2v) is 9.66. The topological polar surface area (TPSA) is 84.9 Å². The number of amides is 1. The molecule has 0 bridgehead atoms. The standard InChI is InChI=1S/C21H23ClN2O5S/c22-18-11-15(12-19-21(18)29-10-9-28-19)13-20(25)23-16-5-4-6-17(14-16)30(26,27)24-7-2-1-3-8-24/h4-6,11-12,14H,1-3,7-10,13H2,(H,23,25). The van der Waals surface area contributed by atoms with Gasteiger partial charge >= 0.3 is 0 Å². The highest BCUT2D eigenvalue weighted by molar-refractivity contribution is 7.89. The van der Waals surface area contributed by atoms with Crippen LogP contribution in [-0.4, -0.2) is 44.9 Å². The summed E-state index contributed by atoms with van der Waals surface area (Å²) in [6.07, 6.45) is 2.85. The summed E-state index contributed by atoms with van der Waals surface area (Å²) < 4.78 is 38.3. The van der Waals surface area contributed by atoms with Crippen LogP contribution in [0.5, 0.6) is 11.5 Å². The highest BCUT2D eigenvalue weighted by atomic mass is 35.5. The third kappa shape index (κ3) is 4.55. The fourth-order valence-electron chi connectivity index (χ4n) is 3.65. The lowest BCUT2D eigenvalue weighted by Gasteiger charge is -2.26. The van der Waals surface area contributed by atoms with Gasteiger partial charge < -0.3 is 14.8 Å². The molecule has 30 heavy (non-hydrogen) atoms. The van der Waals surface area contributed by atoms with Gasteiger partial charge in [-0.1, -0.05) is 24.1 Å². The van der Waals surface area contributed by atoms with Crippen molar-refractivity contribution in [2.45, 2.75) is 30.6 Å². The second-order valence-electron chi connectivity index (χ2n) is 7.32. The number of piperidine rings is 1. The van der Waals surface area contributed by atoms with Crippen LogP contribution in [0.25, 0.3) is 0 Å². The van der Waals surface area contributed by atoms with Gasteiger partial charge in [0.15, 0.2) is 11.5 Å². The van der Waals surface area contributed by atoms with Crippen molar-refractivity contribution in [2.24, 2.45) is 0 Å². The van der Waals surface area contributed by atoms with Gasteiger partial charge in [0.05, 0.1) is 16.3 Å². The van der Waals surface area contributed by atoms with Crippen LogP contribution in [0.1, 0.15) is 24.8 Å². The molecule has 0 spiro atoms. The number of benzene rings is 2. The van der Waals surface area contributed by atoms with Gasteiger partial charge in [0.25, 0.3) is 0 Å². The van der Waals surface area contributed by atoms with E-state index in [-0.39, 0.29) is 17.2 Å². The van der Waals surface area contributed by atoms with E-state index in [9.17, 15) is 13.2 Å². The summed E-state index contributed by atoms with van der Waals surface area (Å²) in [7, 11) is -3.56. The van der Waals surface area contributed by atoms with Gasteiger partial charge in [-0.25, -0.2) is 8.42 Å². The molecule has 2 aromatic rings. The van der Waals surface area contributed by atoms with Crippen LogP contribution in [-0.2, 0) is 21.2 Å². The number of ether oxygens (including phenoxy) is 2. The van der Waals surface area contributed by atoms with Crippen molar-refractivity contribution in [3.05, 3.63) is 47.0 Å². The average molecular weight is 451 g/mol. The van der Waals surface area contributed by atoms with Gasteiger partial charge in [-0.05, 0) is 48.7 Å². The van der Waals surface area contributed by atoms with Gasteiger partial charge in [0.1, 0.15) is 13.2 Å². The minimum absolute atomic E-state index is 0.0689. The molecule has 0 saturated carbocycles. The fraction of sp³-hybridized carbons (Fsp3) is 0.381. The summed E-state index contributed by atoms with van der Waals surface area (Å²) in [4.78, 5) is 12.7. The van der Waals surface area contributed by atoms with E-state index in [0.29, 0.717) is 54.1 Å².